The Labute approximate surface area is 90.4 Å². The number of pyridine rings is 2. The van der Waals surface area contributed by atoms with Crippen molar-refractivity contribution in [3.63, 3.8) is 0 Å². The van der Waals surface area contributed by atoms with Crippen molar-refractivity contribution in [3.05, 3.63) is 48.3 Å². The van der Waals surface area contributed by atoms with Gasteiger partial charge in [-0.3, -0.25) is 4.98 Å². The maximum Gasteiger partial charge on any atom is 0.355 e. The van der Waals surface area contributed by atoms with E-state index in [9.17, 15) is 9.18 Å². The molecule has 0 amide bonds. The predicted octanol–water partition coefficient (Wildman–Crippen LogP) is 1.98. The Morgan fingerprint density at radius 1 is 1.25 bits per heavy atom. The van der Waals surface area contributed by atoms with E-state index in [-0.39, 0.29) is 16.8 Å². The van der Waals surface area contributed by atoms with E-state index in [4.69, 9.17) is 5.11 Å². The Balaban J connectivity index is 2.65. The largest absolute Gasteiger partial charge is 0.476 e. The van der Waals surface area contributed by atoms with Crippen LogP contribution in [0.1, 0.15) is 10.5 Å². The second-order valence-electron chi connectivity index (χ2n) is 3.06. The SMILES string of the molecule is O=C(O)c1ncccc1-c1ccncc1F. The van der Waals surface area contributed by atoms with Gasteiger partial charge in [-0.15, -0.1) is 0 Å². The first-order valence-corrected chi connectivity index (χ1v) is 4.48. The topological polar surface area (TPSA) is 63.1 Å². The van der Waals surface area contributed by atoms with Gasteiger partial charge in [0.1, 0.15) is 5.82 Å². The van der Waals surface area contributed by atoms with Crippen molar-refractivity contribution in [3.8, 4) is 11.1 Å². The maximum atomic E-state index is 13.4. The third-order valence-electron chi connectivity index (χ3n) is 2.07. The van der Waals surface area contributed by atoms with Gasteiger partial charge in [-0.25, -0.2) is 14.2 Å². The minimum atomic E-state index is -1.19. The summed E-state index contributed by atoms with van der Waals surface area (Å²) in [5.74, 6) is -1.76. The average molecular weight is 218 g/mol. The van der Waals surface area contributed by atoms with Gasteiger partial charge in [-0.2, -0.15) is 0 Å². The molecule has 0 atom stereocenters. The maximum absolute atomic E-state index is 13.4. The van der Waals surface area contributed by atoms with Gasteiger partial charge < -0.3 is 5.11 Å². The molecule has 0 aliphatic heterocycles. The lowest BCUT2D eigenvalue weighted by molar-refractivity contribution is 0.0691. The third kappa shape index (κ3) is 1.75. The van der Waals surface area contributed by atoms with Crippen molar-refractivity contribution in [1.29, 1.82) is 0 Å². The van der Waals surface area contributed by atoms with E-state index in [1.165, 1.54) is 24.5 Å². The van der Waals surface area contributed by atoms with Gasteiger partial charge >= 0.3 is 5.97 Å². The van der Waals surface area contributed by atoms with E-state index in [0.717, 1.165) is 6.20 Å². The van der Waals surface area contributed by atoms with Crippen LogP contribution in [0.2, 0.25) is 0 Å². The quantitative estimate of drug-likeness (QED) is 0.837. The fourth-order valence-corrected chi connectivity index (χ4v) is 1.39. The number of halogens is 1. The number of hydrogen-bond acceptors (Lipinski definition) is 3. The summed E-state index contributed by atoms with van der Waals surface area (Å²) in [5.41, 5.74) is 0.253. The number of rotatable bonds is 2. The molecule has 80 valence electrons. The molecule has 2 heterocycles. The number of nitrogens with zero attached hydrogens (tertiary/aromatic N) is 2. The van der Waals surface area contributed by atoms with Gasteiger partial charge in [0, 0.05) is 23.5 Å². The zero-order chi connectivity index (χ0) is 11.5. The summed E-state index contributed by atoms with van der Waals surface area (Å²) in [5, 5.41) is 8.92. The van der Waals surface area contributed by atoms with Crippen molar-refractivity contribution in [2.75, 3.05) is 0 Å². The molecule has 2 rings (SSSR count). The molecule has 0 spiro atoms. The van der Waals surface area contributed by atoms with Crippen LogP contribution in [0.3, 0.4) is 0 Å². The normalized spacial score (nSPS) is 10.1. The van der Waals surface area contributed by atoms with Crippen LogP contribution in [0.5, 0.6) is 0 Å². The van der Waals surface area contributed by atoms with Crippen LogP contribution >= 0.6 is 0 Å². The first-order chi connectivity index (χ1) is 7.70. The zero-order valence-corrected chi connectivity index (χ0v) is 8.09. The van der Waals surface area contributed by atoms with E-state index in [1.807, 2.05) is 0 Å². The molecule has 0 aromatic carbocycles. The van der Waals surface area contributed by atoms with Crippen molar-refractivity contribution in [2.45, 2.75) is 0 Å². The molecule has 2 aromatic rings. The summed E-state index contributed by atoms with van der Waals surface area (Å²) in [6.45, 7) is 0. The lowest BCUT2D eigenvalue weighted by Crippen LogP contribution is -2.03. The van der Waals surface area contributed by atoms with Crippen LogP contribution in [-0.4, -0.2) is 21.0 Å². The highest BCUT2D eigenvalue weighted by Gasteiger charge is 2.15. The van der Waals surface area contributed by atoms with E-state index in [1.54, 1.807) is 6.07 Å². The summed E-state index contributed by atoms with van der Waals surface area (Å²) >= 11 is 0. The first kappa shape index (κ1) is 10.2. The van der Waals surface area contributed by atoms with Crippen LogP contribution in [0.4, 0.5) is 4.39 Å². The first-order valence-electron chi connectivity index (χ1n) is 4.48. The molecular weight excluding hydrogens is 211 g/mol. The minimum absolute atomic E-state index is 0.174. The third-order valence-corrected chi connectivity index (χ3v) is 2.07. The highest BCUT2D eigenvalue weighted by molar-refractivity contribution is 5.93. The molecule has 0 saturated heterocycles. The second kappa shape index (κ2) is 4.06. The Morgan fingerprint density at radius 2 is 2.06 bits per heavy atom. The fraction of sp³-hybridized carbons (Fsp3) is 0. The Kier molecular flexibility index (Phi) is 2.59. The van der Waals surface area contributed by atoms with Crippen molar-refractivity contribution in [1.82, 2.24) is 9.97 Å². The van der Waals surface area contributed by atoms with Gasteiger partial charge in [-0.05, 0) is 12.1 Å². The summed E-state index contributed by atoms with van der Waals surface area (Å²) in [4.78, 5) is 18.2. The monoisotopic (exact) mass is 218 g/mol. The molecule has 0 bridgehead atoms. The molecule has 16 heavy (non-hydrogen) atoms. The van der Waals surface area contributed by atoms with E-state index >= 15 is 0 Å². The fourth-order valence-electron chi connectivity index (χ4n) is 1.39. The Bertz CT molecular complexity index is 543. The molecule has 0 fully saturated rings. The van der Waals surface area contributed by atoms with Gasteiger partial charge in [0.15, 0.2) is 5.69 Å². The molecule has 1 N–H and O–H groups in total. The van der Waals surface area contributed by atoms with Crippen LogP contribution < -0.4 is 0 Å². The second-order valence-corrected chi connectivity index (χ2v) is 3.06. The summed E-state index contributed by atoms with van der Waals surface area (Å²) in [6, 6.07) is 4.48. The molecular formula is C11H7FN2O2. The standard InChI is InChI=1S/C11H7FN2O2/c12-9-6-13-5-3-7(9)8-2-1-4-14-10(8)11(15)16/h1-6H,(H,15,16). The summed E-state index contributed by atoms with van der Waals surface area (Å²) < 4.78 is 13.4. The zero-order valence-electron chi connectivity index (χ0n) is 8.09. The number of aromatic carboxylic acids is 1. The molecule has 0 saturated carbocycles. The molecule has 0 radical (unpaired) electrons. The van der Waals surface area contributed by atoms with Crippen LogP contribution in [-0.2, 0) is 0 Å². The van der Waals surface area contributed by atoms with Crippen LogP contribution in [0.15, 0.2) is 36.8 Å². The van der Waals surface area contributed by atoms with Gasteiger partial charge in [0.25, 0.3) is 0 Å². The molecule has 5 heteroatoms. The average Bonchev–Trinajstić information content (AvgIpc) is 2.29. The smallest absolute Gasteiger partial charge is 0.355 e. The molecule has 0 aliphatic rings. The van der Waals surface area contributed by atoms with E-state index < -0.39 is 11.8 Å². The van der Waals surface area contributed by atoms with Gasteiger partial charge in [0.2, 0.25) is 0 Å². The lowest BCUT2D eigenvalue weighted by Gasteiger charge is -2.05. The van der Waals surface area contributed by atoms with Crippen molar-refractivity contribution in [2.24, 2.45) is 0 Å². The molecule has 4 nitrogen and oxygen atoms in total. The summed E-state index contributed by atoms with van der Waals surface area (Å²) in [7, 11) is 0. The molecule has 0 aliphatic carbocycles. The van der Waals surface area contributed by atoms with Gasteiger partial charge in [0.05, 0.1) is 6.20 Å². The van der Waals surface area contributed by atoms with Gasteiger partial charge in [-0.1, -0.05) is 6.07 Å². The van der Waals surface area contributed by atoms with E-state index in [0.29, 0.717) is 0 Å². The molecule has 0 unspecified atom stereocenters. The van der Waals surface area contributed by atoms with Crippen LogP contribution in [0, 0.1) is 5.82 Å². The Morgan fingerprint density at radius 3 is 2.75 bits per heavy atom. The molecule has 2 aromatic heterocycles. The highest BCUT2D eigenvalue weighted by Crippen LogP contribution is 2.24. The number of aromatic nitrogens is 2. The minimum Gasteiger partial charge on any atom is -0.476 e. The Hall–Kier alpha value is -2.30. The number of carboxylic acids is 1. The number of carbonyl (C=O) groups is 1. The number of hydrogen-bond donors (Lipinski definition) is 1. The summed E-state index contributed by atoms with van der Waals surface area (Å²) in [6.07, 6.45) is 3.79. The van der Waals surface area contributed by atoms with E-state index in [2.05, 4.69) is 9.97 Å². The highest BCUT2D eigenvalue weighted by atomic mass is 19.1. The van der Waals surface area contributed by atoms with Crippen LogP contribution in [0.25, 0.3) is 11.1 Å². The lowest BCUT2D eigenvalue weighted by atomic mass is 10.1. The number of carboxylic acid groups (broad SMARTS) is 1. The van der Waals surface area contributed by atoms with Crippen molar-refractivity contribution >= 4 is 5.97 Å². The van der Waals surface area contributed by atoms with Crippen molar-refractivity contribution < 1.29 is 14.3 Å². The predicted molar refractivity (Wildman–Crippen MR) is 54.4 cm³/mol.